The number of hydrogen-bond donors (Lipinski definition) is 1. The molecule has 3 aromatic carbocycles. The van der Waals surface area contributed by atoms with Crippen LogP contribution in [0.2, 0.25) is 0 Å². The van der Waals surface area contributed by atoms with Crippen molar-refractivity contribution in [3.8, 4) is 5.75 Å². The first-order valence-electron chi connectivity index (χ1n) is 13.3. The number of nitrogens with one attached hydrogen (secondary N) is 1. The molecule has 3 aromatic rings. The second kappa shape index (κ2) is 14.3. The molecule has 10 nitrogen and oxygen atoms in total. The van der Waals surface area contributed by atoms with Crippen LogP contribution in [0.4, 0.5) is 11.4 Å². The normalized spacial score (nSPS) is 15.7. The van der Waals surface area contributed by atoms with Crippen LogP contribution in [0.1, 0.15) is 39.6 Å². The van der Waals surface area contributed by atoms with E-state index in [1.165, 1.54) is 18.9 Å². The van der Waals surface area contributed by atoms with Crippen molar-refractivity contribution in [2.45, 2.75) is 25.0 Å². The smallest absolute Gasteiger partial charge is 0.338 e. The van der Waals surface area contributed by atoms with E-state index >= 15 is 0 Å². The number of thioether (sulfide) groups is 1. The summed E-state index contributed by atoms with van der Waals surface area (Å²) in [4.78, 5) is 56.6. The van der Waals surface area contributed by atoms with Crippen molar-refractivity contribution in [1.82, 2.24) is 4.90 Å². The summed E-state index contributed by atoms with van der Waals surface area (Å²) in [5.74, 6) is -0.765. The van der Waals surface area contributed by atoms with Crippen LogP contribution < -0.4 is 10.1 Å². The molecule has 1 unspecified atom stereocenters. The Morgan fingerprint density at radius 2 is 1.57 bits per heavy atom. The molecule has 1 fully saturated rings. The van der Waals surface area contributed by atoms with Gasteiger partial charge in [0.25, 0.3) is 0 Å². The monoisotopic (exact) mass is 589 g/mol. The quantitative estimate of drug-likeness (QED) is 0.333. The first kappa shape index (κ1) is 30.3. The maximum atomic E-state index is 13.4. The number of carbonyl (C=O) groups is 4. The van der Waals surface area contributed by atoms with Crippen LogP contribution in [0.25, 0.3) is 0 Å². The zero-order valence-corrected chi connectivity index (χ0v) is 24.3. The number of aliphatic imine (C=N–C) groups is 1. The molecule has 42 heavy (non-hydrogen) atoms. The number of nitrogens with zero attached hydrogens (tertiary/aromatic N) is 2. The fourth-order valence-corrected chi connectivity index (χ4v) is 5.25. The Morgan fingerprint density at radius 1 is 0.929 bits per heavy atom. The number of amidine groups is 1. The minimum atomic E-state index is -0.729. The lowest BCUT2D eigenvalue weighted by atomic mass is 10.1. The van der Waals surface area contributed by atoms with Gasteiger partial charge in [-0.3, -0.25) is 14.5 Å². The average Bonchev–Trinajstić information content (AvgIpc) is 3.01. The lowest BCUT2D eigenvalue weighted by Gasteiger charge is -2.32. The fourth-order valence-electron chi connectivity index (χ4n) is 4.12. The number of esters is 2. The number of benzene rings is 3. The van der Waals surface area contributed by atoms with Gasteiger partial charge >= 0.3 is 11.9 Å². The van der Waals surface area contributed by atoms with E-state index in [-0.39, 0.29) is 24.8 Å². The first-order valence-corrected chi connectivity index (χ1v) is 14.1. The molecule has 0 spiro atoms. The molecule has 0 aliphatic carbocycles. The molecule has 11 heteroatoms. The van der Waals surface area contributed by atoms with E-state index < -0.39 is 17.2 Å². The van der Waals surface area contributed by atoms with Gasteiger partial charge in [-0.25, -0.2) is 14.6 Å². The molecule has 1 aliphatic heterocycles. The van der Waals surface area contributed by atoms with Gasteiger partial charge in [0.2, 0.25) is 11.8 Å². The first-order chi connectivity index (χ1) is 20.3. The van der Waals surface area contributed by atoms with Crippen molar-refractivity contribution in [2.24, 2.45) is 4.99 Å². The highest BCUT2D eigenvalue weighted by Gasteiger charge is 2.36. The number of methoxy groups -OCH3 is 2. The second-order valence-corrected chi connectivity index (χ2v) is 10.3. The van der Waals surface area contributed by atoms with Gasteiger partial charge in [-0.1, -0.05) is 23.9 Å². The molecule has 1 heterocycles. The number of amides is 2. The maximum Gasteiger partial charge on any atom is 0.338 e. The summed E-state index contributed by atoms with van der Waals surface area (Å²) in [6.45, 7) is 2.37. The highest BCUT2D eigenvalue weighted by atomic mass is 32.2. The van der Waals surface area contributed by atoms with E-state index in [1.807, 2.05) is 24.3 Å². The predicted molar refractivity (Wildman–Crippen MR) is 160 cm³/mol. The third-order valence-corrected chi connectivity index (χ3v) is 7.58. The molecule has 1 aliphatic rings. The van der Waals surface area contributed by atoms with Gasteiger partial charge in [0.1, 0.15) is 11.0 Å². The molecule has 0 saturated carbocycles. The zero-order valence-electron chi connectivity index (χ0n) is 23.5. The Bertz CT molecular complexity index is 1460. The van der Waals surface area contributed by atoms with Gasteiger partial charge in [-0.2, -0.15) is 0 Å². The predicted octanol–water partition coefficient (Wildman–Crippen LogP) is 4.86. The molecule has 0 bridgehead atoms. The van der Waals surface area contributed by atoms with E-state index in [0.29, 0.717) is 40.6 Å². The summed E-state index contributed by atoms with van der Waals surface area (Å²) in [5.41, 5.74) is 2.76. The Hall–Kier alpha value is -4.64. The molecule has 1 N–H and O–H groups in total. The zero-order chi connectivity index (χ0) is 30.1. The van der Waals surface area contributed by atoms with Crippen LogP contribution in [0.3, 0.4) is 0 Å². The standard InChI is InChI=1S/C31H31N3O7S/c1-4-41-30(38)22-9-13-24(14-10-22)33-31-34(18-17-20-5-15-25(39-2)16-6-20)27(35)19-26(42-31)28(36)32-23-11-7-21(8-12-23)29(37)40-3/h5-16,26H,4,17-19H2,1-3H3,(H,32,36). The van der Waals surface area contributed by atoms with Gasteiger partial charge in [0.15, 0.2) is 5.17 Å². The molecular weight excluding hydrogens is 558 g/mol. The Kier molecular flexibility index (Phi) is 10.3. The van der Waals surface area contributed by atoms with Crippen molar-refractivity contribution in [1.29, 1.82) is 0 Å². The summed E-state index contributed by atoms with van der Waals surface area (Å²) < 4.78 is 15.0. The molecule has 0 radical (unpaired) electrons. The Morgan fingerprint density at radius 3 is 2.19 bits per heavy atom. The number of carbonyl (C=O) groups excluding carboxylic acids is 4. The Labute approximate surface area is 248 Å². The van der Waals surface area contributed by atoms with E-state index in [2.05, 4.69) is 5.32 Å². The van der Waals surface area contributed by atoms with Crippen molar-refractivity contribution in [3.05, 3.63) is 89.5 Å². The minimum absolute atomic E-state index is 0.0137. The van der Waals surface area contributed by atoms with E-state index in [1.54, 1.807) is 67.5 Å². The van der Waals surface area contributed by atoms with Crippen LogP contribution in [-0.2, 0) is 25.5 Å². The van der Waals surface area contributed by atoms with Gasteiger partial charge in [0, 0.05) is 18.7 Å². The number of rotatable bonds is 10. The molecule has 0 aromatic heterocycles. The van der Waals surface area contributed by atoms with Crippen LogP contribution in [0.5, 0.6) is 5.75 Å². The van der Waals surface area contributed by atoms with Crippen LogP contribution >= 0.6 is 11.8 Å². The van der Waals surface area contributed by atoms with Crippen LogP contribution in [0, 0.1) is 0 Å². The third-order valence-electron chi connectivity index (χ3n) is 6.39. The van der Waals surface area contributed by atoms with Crippen LogP contribution in [-0.4, -0.2) is 66.4 Å². The second-order valence-electron chi connectivity index (χ2n) is 9.17. The van der Waals surface area contributed by atoms with Gasteiger partial charge in [0.05, 0.1) is 37.6 Å². The molecule has 2 amide bonds. The van der Waals surface area contributed by atoms with Crippen molar-refractivity contribution in [3.63, 3.8) is 0 Å². The van der Waals surface area contributed by atoms with Crippen molar-refractivity contribution in [2.75, 3.05) is 32.7 Å². The molecule has 1 saturated heterocycles. The van der Waals surface area contributed by atoms with Gasteiger partial charge in [-0.15, -0.1) is 0 Å². The summed E-state index contributed by atoms with van der Waals surface area (Å²) in [7, 11) is 2.90. The fraction of sp³-hybridized carbons (Fsp3) is 0.258. The lowest BCUT2D eigenvalue weighted by Crippen LogP contribution is -2.46. The summed E-state index contributed by atoms with van der Waals surface area (Å²) in [6.07, 6.45) is 0.556. The maximum absolute atomic E-state index is 13.4. The van der Waals surface area contributed by atoms with Crippen LogP contribution in [0.15, 0.2) is 77.8 Å². The lowest BCUT2D eigenvalue weighted by molar-refractivity contribution is -0.129. The van der Waals surface area contributed by atoms with E-state index in [9.17, 15) is 19.2 Å². The molecule has 1 atom stereocenters. The molecular formula is C31H31N3O7S. The topological polar surface area (TPSA) is 124 Å². The highest BCUT2D eigenvalue weighted by molar-refractivity contribution is 8.15. The largest absolute Gasteiger partial charge is 0.497 e. The molecule has 218 valence electrons. The van der Waals surface area contributed by atoms with Gasteiger partial charge < -0.3 is 19.5 Å². The summed E-state index contributed by atoms with van der Waals surface area (Å²) in [5, 5.41) is 2.47. The van der Waals surface area contributed by atoms with Crippen molar-refractivity contribution >= 4 is 52.1 Å². The summed E-state index contributed by atoms with van der Waals surface area (Å²) >= 11 is 1.19. The van der Waals surface area contributed by atoms with E-state index in [4.69, 9.17) is 19.2 Å². The van der Waals surface area contributed by atoms with Gasteiger partial charge in [-0.05, 0) is 79.6 Å². The minimum Gasteiger partial charge on any atom is -0.497 e. The van der Waals surface area contributed by atoms with E-state index in [0.717, 1.165) is 11.3 Å². The number of ether oxygens (including phenoxy) is 3. The number of anilines is 1. The summed E-state index contributed by atoms with van der Waals surface area (Å²) in [6, 6.07) is 20.4. The molecule has 4 rings (SSSR count). The number of hydrogen-bond acceptors (Lipinski definition) is 9. The highest BCUT2D eigenvalue weighted by Crippen LogP contribution is 2.30. The van der Waals surface area contributed by atoms with Crippen molar-refractivity contribution < 1.29 is 33.4 Å². The third kappa shape index (κ3) is 7.76. The SMILES string of the molecule is CCOC(=O)c1ccc(N=C2SC(C(=O)Nc3ccc(C(=O)OC)cc3)CC(=O)N2CCc2ccc(OC)cc2)cc1. The average molecular weight is 590 g/mol. The Balaban J connectivity index is 1.54.